The molecule has 0 aromatic carbocycles. The molecule has 1 saturated carbocycles. The number of nitrogens with one attached hydrogen (secondary N) is 2. The summed E-state index contributed by atoms with van der Waals surface area (Å²) in [6, 6.07) is 0. The van der Waals surface area contributed by atoms with Gasteiger partial charge in [-0.3, -0.25) is 10.1 Å². The molecule has 1 amide bonds. The molecule has 0 spiro atoms. The number of anilines is 1. The Kier molecular flexibility index (Phi) is 4.06. The van der Waals surface area contributed by atoms with Crippen LogP contribution in [0.15, 0.2) is 0 Å². The molecule has 2 N–H and O–H groups in total. The third-order valence-electron chi connectivity index (χ3n) is 2.60. The average molecular weight is 254 g/mol. The van der Waals surface area contributed by atoms with E-state index in [4.69, 9.17) is 0 Å². The van der Waals surface area contributed by atoms with Crippen molar-refractivity contribution in [3.05, 3.63) is 5.01 Å². The maximum atomic E-state index is 11.6. The Bertz CT molecular complexity index is 387. The van der Waals surface area contributed by atoms with Gasteiger partial charge in [-0.05, 0) is 25.3 Å². The Morgan fingerprint density at radius 3 is 2.82 bits per heavy atom. The molecule has 0 aliphatic heterocycles. The topological polar surface area (TPSA) is 66.9 Å². The molecule has 1 fully saturated rings. The number of rotatable bonds is 6. The lowest BCUT2D eigenvalue weighted by atomic mass is 10.2. The quantitative estimate of drug-likeness (QED) is 0.809. The van der Waals surface area contributed by atoms with E-state index < -0.39 is 0 Å². The number of carbonyl (C=O) groups excluding carboxylic acids is 1. The first-order valence-corrected chi connectivity index (χ1v) is 6.80. The summed E-state index contributed by atoms with van der Waals surface area (Å²) >= 11 is 1.44. The second kappa shape index (κ2) is 5.55. The molecule has 1 aromatic heterocycles. The second-order valence-electron chi connectivity index (χ2n) is 4.72. The van der Waals surface area contributed by atoms with Crippen LogP contribution in [-0.4, -0.2) is 29.2 Å². The summed E-state index contributed by atoms with van der Waals surface area (Å²) in [4.78, 5) is 11.6. The molecule has 6 heteroatoms. The Morgan fingerprint density at radius 2 is 2.24 bits per heavy atom. The van der Waals surface area contributed by atoms with E-state index in [9.17, 15) is 4.79 Å². The monoisotopic (exact) mass is 254 g/mol. The van der Waals surface area contributed by atoms with Crippen LogP contribution in [0, 0.1) is 5.92 Å². The van der Waals surface area contributed by atoms with Gasteiger partial charge < -0.3 is 5.32 Å². The molecule has 17 heavy (non-hydrogen) atoms. The molecule has 2 rings (SSSR count). The van der Waals surface area contributed by atoms with Crippen LogP contribution in [0.3, 0.4) is 0 Å². The van der Waals surface area contributed by atoms with E-state index in [1.54, 1.807) is 0 Å². The van der Waals surface area contributed by atoms with Crippen LogP contribution in [0.5, 0.6) is 0 Å². The fourth-order valence-corrected chi connectivity index (χ4v) is 2.16. The first-order chi connectivity index (χ1) is 8.15. The van der Waals surface area contributed by atoms with Gasteiger partial charge in [0.25, 0.3) is 0 Å². The first kappa shape index (κ1) is 12.4. The van der Waals surface area contributed by atoms with Crippen molar-refractivity contribution in [2.75, 3.05) is 18.4 Å². The van der Waals surface area contributed by atoms with Gasteiger partial charge in [-0.15, -0.1) is 10.2 Å². The van der Waals surface area contributed by atoms with Crippen LogP contribution in [0.25, 0.3) is 0 Å². The van der Waals surface area contributed by atoms with Crippen molar-refractivity contribution < 1.29 is 4.79 Å². The lowest BCUT2D eigenvalue weighted by Crippen LogP contribution is -2.29. The standard InChI is InChI=1S/C11H18N4OS/c1-7(2)10-14-15-11(17-10)13-9(16)6-12-5-8-3-4-8/h7-8,12H,3-6H2,1-2H3,(H,13,15,16). The molecular weight excluding hydrogens is 236 g/mol. The molecule has 0 radical (unpaired) electrons. The van der Waals surface area contributed by atoms with Crippen LogP contribution in [0.1, 0.15) is 37.6 Å². The lowest BCUT2D eigenvalue weighted by Gasteiger charge is -2.02. The van der Waals surface area contributed by atoms with E-state index in [0.717, 1.165) is 17.5 Å². The van der Waals surface area contributed by atoms with Crippen LogP contribution >= 0.6 is 11.3 Å². The molecule has 1 aromatic rings. The van der Waals surface area contributed by atoms with Gasteiger partial charge in [-0.25, -0.2) is 0 Å². The van der Waals surface area contributed by atoms with E-state index in [-0.39, 0.29) is 5.91 Å². The highest BCUT2D eigenvalue weighted by Gasteiger charge is 2.20. The third-order valence-corrected chi connectivity index (χ3v) is 3.74. The number of amides is 1. The third kappa shape index (κ3) is 4.05. The zero-order valence-electron chi connectivity index (χ0n) is 10.2. The predicted octanol–water partition coefficient (Wildman–Crippen LogP) is 1.60. The molecule has 1 aliphatic carbocycles. The fourth-order valence-electron chi connectivity index (χ4n) is 1.39. The summed E-state index contributed by atoms with van der Waals surface area (Å²) in [6.07, 6.45) is 2.59. The summed E-state index contributed by atoms with van der Waals surface area (Å²) in [5.41, 5.74) is 0. The molecular formula is C11H18N4OS. The number of nitrogens with zero attached hydrogens (tertiary/aromatic N) is 2. The zero-order valence-corrected chi connectivity index (χ0v) is 11.0. The molecule has 1 aliphatic rings. The minimum Gasteiger partial charge on any atom is -0.308 e. The Balaban J connectivity index is 1.72. The van der Waals surface area contributed by atoms with Crippen molar-refractivity contribution in [2.45, 2.75) is 32.6 Å². The van der Waals surface area contributed by atoms with Gasteiger partial charge in [0.15, 0.2) is 0 Å². The molecule has 0 saturated heterocycles. The van der Waals surface area contributed by atoms with Crippen molar-refractivity contribution in [1.29, 1.82) is 0 Å². The van der Waals surface area contributed by atoms with Gasteiger partial charge in [0.05, 0.1) is 6.54 Å². The normalized spacial score (nSPS) is 15.2. The summed E-state index contributed by atoms with van der Waals surface area (Å²) in [5, 5.41) is 15.4. The van der Waals surface area contributed by atoms with E-state index in [0.29, 0.717) is 17.6 Å². The Hall–Kier alpha value is -1.01. The van der Waals surface area contributed by atoms with Gasteiger partial charge in [-0.2, -0.15) is 0 Å². The minimum absolute atomic E-state index is 0.0443. The van der Waals surface area contributed by atoms with E-state index in [2.05, 4.69) is 34.7 Å². The van der Waals surface area contributed by atoms with Crippen molar-refractivity contribution in [3.8, 4) is 0 Å². The fraction of sp³-hybridized carbons (Fsp3) is 0.727. The maximum Gasteiger partial charge on any atom is 0.240 e. The number of carbonyl (C=O) groups is 1. The number of aromatic nitrogens is 2. The van der Waals surface area contributed by atoms with E-state index >= 15 is 0 Å². The highest BCUT2D eigenvalue weighted by Crippen LogP contribution is 2.27. The number of hydrogen-bond acceptors (Lipinski definition) is 5. The number of hydrogen-bond donors (Lipinski definition) is 2. The molecule has 0 bridgehead atoms. The molecule has 0 unspecified atom stereocenters. The predicted molar refractivity (Wildman–Crippen MR) is 68.2 cm³/mol. The average Bonchev–Trinajstić information content (AvgIpc) is 2.96. The summed E-state index contributed by atoms with van der Waals surface area (Å²) in [7, 11) is 0. The van der Waals surface area contributed by atoms with Gasteiger partial charge in [0.1, 0.15) is 5.01 Å². The highest BCUT2D eigenvalue weighted by atomic mass is 32.1. The van der Waals surface area contributed by atoms with Crippen molar-refractivity contribution in [2.24, 2.45) is 5.92 Å². The zero-order chi connectivity index (χ0) is 12.3. The van der Waals surface area contributed by atoms with Gasteiger partial charge in [0.2, 0.25) is 11.0 Å². The Labute approximate surface area is 105 Å². The van der Waals surface area contributed by atoms with Gasteiger partial charge in [-0.1, -0.05) is 25.2 Å². The van der Waals surface area contributed by atoms with Gasteiger partial charge in [0, 0.05) is 5.92 Å². The van der Waals surface area contributed by atoms with Crippen molar-refractivity contribution >= 4 is 22.4 Å². The smallest absolute Gasteiger partial charge is 0.240 e. The van der Waals surface area contributed by atoms with Gasteiger partial charge >= 0.3 is 0 Å². The largest absolute Gasteiger partial charge is 0.308 e. The minimum atomic E-state index is -0.0443. The van der Waals surface area contributed by atoms with Crippen LogP contribution < -0.4 is 10.6 Å². The van der Waals surface area contributed by atoms with E-state index in [1.165, 1.54) is 24.2 Å². The summed E-state index contributed by atoms with van der Waals surface area (Å²) in [5.74, 6) is 1.10. The highest BCUT2D eigenvalue weighted by molar-refractivity contribution is 7.15. The summed E-state index contributed by atoms with van der Waals surface area (Å²) < 4.78 is 0. The van der Waals surface area contributed by atoms with E-state index in [1.807, 2.05) is 0 Å². The maximum absolute atomic E-state index is 11.6. The lowest BCUT2D eigenvalue weighted by molar-refractivity contribution is -0.115. The molecule has 94 valence electrons. The Morgan fingerprint density at radius 1 is 1.47 bits per heavy atom. The molecule has 5 nitrogen and oxygen atoms in total. The summed E-state index contributed by atoms with van der Waals surface area (Å²) in [6.45, 7) is 5.42. The first-order valence-electron chi connectivity index (χ1n) is 5.99. The van der Waals surface area contributed by atoms with Crippen molar-refractivity contribution in [3.63, 3.8) is 0 Å². The SMILES string of the molecule is CC(C)c1nnc(NC(=O)CNCC2CC2)s1. The molecule has 1 heterocycles. The van der Waals surface area contributed by atoms with Crippen LogP contribution in [-0.2, 0) is 4.79 Å². The second-order valence-corrected chi connectivity index (χ2v) is 5.73. The van der Waals surface area contributed by atoms with Crippen molar-refractivity contribution in [1.82, 2.24) is 15.5 Å². The van der Waals surface area contributed by atoms with Crippen LogP contribution in [0.4, 0.5) is 5.13 Å². The molecule has 0 atom stereocenters. The van der Waals surface area contributed by atoms with Crippen LogP contribution in [0.2, 0.25) is 0 Å².